The van der Waals surface area contributed by atoms with Crippen LogP contribution in [0.5, 0.6) is 11.5 Å². The molecule has 0 aromatic heterocycles. The van der Waals surface area contributed by atoms with Gasteiger partial charge in [-0.2, -0.15) is 0 Å². The van der Waals surface area contributed by atoms with Crippen LogP contribution in [0.2, 0.25) is 0 Å². The zero-order chi connectivity index (χ0) is 19.8. The third-order valence-electron chi connectivity index (χ3n) is 4.30. The van der Waals surface area contributed by atoms with Crippen LogP contribution < -0.4 is 20.5 Å². The minimum absolute atomic E-state index is 0. The fourth-order valence-electron chi connectivity index (χ4n) is 2.92. The molecule has 0 atom stereocenters. The Morgan fingerprint density at radius 3 is 2.57 bits per heavy atom. The summed E-state index contributed by atoms with van der Waals surface area (Å²) in [5.41, 5.74) is 6.97. The van der Waals surface area contributed by atoms with E-state index in [1.807, 2.05) is 12.1 Å². The van der Waals surface area contributed by atoms with Gasteiger partial charge >= 0.3 is 6.09 Å². The summed E-state index contributed by atoms with van der Waals surface area (Å²) in [4.78, 5) is 17.8. The Hall–Kier alpha value is -1.43. The molecule has 0 saturated carbocycles. The third kappa shape index (κ3) is 6.87. The molecule has 1 amide bonds. The Balaban J connectivity index is 0.00000392. The van der Waals surface area contributed by atoms with Gasteiger partial charge in [-0.3, -0.25) is 0 Å². The van der Waals surface area contributed by atoms with Gasteiger partial charge in [0.25, 0.3) is 0 Å². The minimum atomic E-state index is -0.253. The predicted octanol–water partition coefficient (Wildman–Crippen LogP) is 3.11. The largest absolute Gasteiger partial charge is 0.493 e. The van der Waals surface area contributed by atoms with Crippen molar-refractivity contribution in [3.05, 3.63) is 22.2 Å². The topological polar surface area (TPSA) is 98.4 Å². The lowest BCUT2D eigenvalue weighted by Gasteiger charge is -2.31. The molecule has 158 valence electrons. The highest BCUT2D eigenvalue weighted by atomic mass is 127. The van der Waals surface area contributed by atoms with E-state index < -0.39 is 0 Å². The molecular formula is C18H28BrIN4O4. The average Bonchev–Trinajstić information content (AvgIpc) is 2.66. The second-order valence-electron chi connectivity index (χ2n) is 6.12. The molecule has 10 heteroatoms. The lowest BCUT2D eigenvalue weighted by atomic mass is 10.1. The second-order valence-corrected chi connectivity index (χ2v) is 6.97. The van der Waals surface area contributed by atoms with Gasteiger partial charge in [-0.05, 0) is 53.4 Å². The van der Waals surface area contributed by atoms with E-state index in [9.17, 15) is 4.79 Å². The Kier molecular flexibility index (Phi) is 10.7. The molecule has 1 aromatic rings. The highest BCUT2D eigenvalue weighted by Gasteiger charge is 2.23. The first-order valence-electron chi connectivity index (χ1n) is 8.87. The Morgan fingerprint density at radius 2 is 2.00 bits per heavy atom. The van der Waals surface area contributed by atoms with E-state index in [1.165, 1.54) is 0 Å². The standard InChI is InChI=1S/C18H27BrN4O4.HI/c1-4-27-18(24)23-7-5-13(6-8-23)22-17(20)21-11-12-9-14(19)16(26-3)15(10-12)25-2;/h9-10,13H,4-8,11H2,1-3H3,(H3,20,21,22);1H. The number of carbonyl (C=O) groups excluding carboxylic acids is 1. The van der Waals surface area contributed by atoms with Crippen LogP contribution in [0.25, 0.3) is 0 Å². The van der Waals surface area contributed by atoms with Gasteiger partial charge in [0.1, 0.15) is 0 Å². The molecule has 2 rings (SSSR count). The number of aliphatic imine (C=N–C) groups is 1. The summed E-state index contributed by atoms with van der Waals surface area (Å²) in [6.45, 7) is 3.90. The molecule has 28 heavy (non-hydrogen) atoms. The molecule has 0 bridgehead atoms. The van der Waals surface area contributed by atoms with Crippen LogP contribution in [0, 0.1) is 0 Å². The Morgan fingerprint density at radius 1 is 1.32 bits per heavy atom. The van der Waals surface area contributed by atoms with E-state index in [4.69, 9.17) is 19.9 Å². The van der Waals surface area contributed by atoms with E-state index in [1.54, 1.807) is 26.0 Å². The second kappa shape index (κ2) is 12.2. The van der Waals surface area contributed by atoms with Crippen LogP contribution in [0.4, 0.5) is 4.79 Å². The first-order valence-corrected chi connectivity index (χ1v) is 9.66. The highest BCUT2D eigenvalue weighted by molar-refractivity contribution is 14.0. The van der Waals surface area contributed by atoms with Crippen molar-refractivity contribution < 1.29 is 19.0 Å². The number of benzene rings is 1. The van der Waals surface area contributed by atoms with Crippen molar-refractivity contribution in [2.45, 2.75) is 32.4 Å². The van der Waals surface area contributed by atoms with Gasteiger partial charge < -0.3 is 30.2 Å². The number of carbonyl (C=O) groups is 1. The summed E-state index contributed by atoms with van der Waals surface area (Å²) < 4.78 is 16.5. The first kappa shape index (κ1) is 24.6. The molecule has 0 aliphatic carbocycles. The Bertz CT molecular complexity index is 682. The van der Waals surface area contributed by atoms with Crippen LogP contribution >= 0.6 is 39.9 Å². The number of amides is 1. The van der Waals surface area contributed by atoms with Crippen molar-refractivity contribution in [3.8, 4) is 11.5 Å². The van der Waals surface area contributed by atoms with Crippen molar-refractivity contribution in [2.24, 2.45) is 10.7 Å². The normalized spacial score (nSPS) is 14.9. The summed E-state index contributed by atoms with van der Waals surface area (Å²) in [7, 11) is 3.19. The van der Waals surface area contributed by atoms with Crippen LogP contribution in [0.15, 0.2) is 21.6 Å². The van der Waals surface area contributed by atoms with Crippen molar-refractivity contribution >= 4 is 52.0 Å². The quantitative estimate of drug-likeness (QED) is 0.310. The number of hydrogen-bond acceptors (Lipinski definition) is 5. The lowest BCUT2D eigenvalue weighted by molar-refractivity contribution is 0.0963. The average molecular weight is 571 g/mol. The van der Waals surface area contributed by atoms with E-state index in [2.05, 4.69) is 26.2 Å². The zero-order valence-corrected chi connectivity index (χ0v) is 20.3. The number of nitrogens with one attached hydrogen (secondary N) is 1. The number of halogens is 2. The summed E-state index contributed by atoms with van der Waals surface area (Å²) in [5.74, 6) is 1.66. The number of guanidine groups is 1. The molecular weight excluding hydrogens is 543 g/mol. The molecule has 0 radical (unpaired) electrons. The fourth-order valence-corrected chi connectivity index (χ4v) is 3.57. The fraction of sp³-hybridized carbons (Fsp3) is 0.556. The Labute approximate surface area is 191 Å². The number of hydrogen-bond donors (Lipinski definition) is 2. The van der Waals surface area contributed by atoms with Crippen molar-refractivity contribution in [2.75, 3.05) is 33.9 Å². The summed E-state index contributed by atoms with van der Waals surface area (Å²) in [5, 5.41) is 3.23. The van der Waals surface area contributed by atoms with Crippen molar-refractivity contribution in [1.29, 1.82) is 0 Å². The molecule has 1 saturated heterocycles. The molecule has 1 heterocycles. The predicted molar refractivity (Wildman–Crippen MR) is 123 cm³/mol. The van der Waals surface area contributed by atoms with Crippen molar-refractivity contribution in [3.63, 3.8) is 0 Å². The minimum Gasteiger partial charge on any atom is -0.493 e. The van der Waals surface area contributed by atoms with Gasteiger partial charge in [0.2, 0.25) is 0 Å². The number of likely N-dealkylation sites (tertiary alicyclic amines) is 1. The van der Waals surface area contributed by atoms with E-state index >= 15 is 0 Å². The molecule has 0 spiro atoms. The van der Waals surface area contributed by atoms with Gasteiger partial charge in [0, 0.05) is 19.1 Å². The van der Waals surface area contributed by atoms with Gasteiger partial charge in [-0.15, -0.1) is 24.0 Å². The van der Waals surface area contributed by atoms with Gasteiger partial charge in [0.05, 0.1) is 31.8 Å². The van der Waals surface area contributed by atoms with Gasteiger partial charge in [0.15, 0.2) is 17.5 Å². The maximum Gasteiger partial charge on any atom is 0.409 e. The van der Waals surface area contributed by atoms with E-state index in [-0.39, 0.29) is 36.1 Å². The van der Waals surface area contributed by atoms with Crippen LogP contribution in [0.3, 0.4) is 0 Å². The van der Waals surface area contributed by atoms with Crippen molar-refractivity contribution in [1.82, 2.24) is 10.2 Å². The maximum absolute atomic E-state index is 11.7. The molecule has 1 aromatic carbocycles. The SMILES string of the molecule is CCOC(=O)N1CCC(NC(N)=NCc2cc(Br)c(OC)c(OC)c2)CC1.I. The lowest BCUT2D eigenvalue weighted by Crippen LogP contribution is -2.48. The number of nitrogens with zero attached hydrogens (tertiary/aromatic N) is 2. The van der Waals surface area contributed by atoms with Gasteiger partial charge in [-0.1, -0.05) is 0 Å². The maximum atomic E-state index is 11.7. The number of methoxy groups -OCH3 is 2. The molecule has 1 fully saturated rings. The number of piperidine rings is 1. The van der Waals surface area contributed by atoms with E-state index in [0.717, 1.165) is 22.9 Å². The highest BCUT2D eigenvalue weighted by Crippen LogP contribution is 2.36. The monoisotopic (exact) mass is 570 g/mol. The summed E-state index contributed by atoms with van der Waals surface area (Å²) in [6, 6.07) is 3.99. The molecule has 0 unspecified atom stereocenters. The molecule has 1 aliphatic rings. The van der Waals surface area contributed by atoms with E-state index in [0.29, 0.717) is 43.7 Å². The smallest absolute Gasteiger partial charge is 0.409 e. The van der Waals surface area contributed by atoms with Crippen LogP contribution in [-0.2, 0) is 11.3 Å². The summed E-state index contributed by atoms with van der Waals surface area (Å²) >= 11 is 3.47. The number of rotatable bonds is 6. The number of ether oxygens (including phenoxy) is 3. The molecule has 1 aliphatic heterocycles. The summed E-state index contributed by atoms with van der Waals surface area (Å²) in [6.07, 6.45) is 1.35. The van der Waals surface area contributed by atoms with Gasteiger partial charge in [-0.25, -0.2) is 9.79 Å². The zero-order valence-electron chi connectivity index (χ0n) is 16.4. The van der Waals surface area contributed by atoms with Crippen LogP contribution in [0.1, 0.15) is 25.3 Å². The van der Waals surface area contributed by atoms with Crippen LogP contribution in [-0.4, -0.2) is 56.9 Å². The molecule has 8 nitrogen and oxygen atoms in total. The number of nitrogens with two attached hydrogens (primary N) is 1. The molecule has 3 N–H and O–H groups in total. The third-order valence-corrected chi connectivity index (χ3v) is 4.89. The first-order chi connectivity index (χ1) is 13.0.